The number of halogens is 2. The molecule has 0 radical (unpaired) electrons. The van der Waals surface area contributed by atoms with Crippen LogP contribution in [0.1, 0.15) is 34.6 Å². The van der Waals surface area contributed by atoms with Crippen molar-refractivity contribution >= 4 is 23.2 Å². The highest BCUT2D eigenvalue weighted by atomic mass is 35.5. The van der Waals surface area contributed by atoms with Gasteiger partial charge in [-0.15, -0.1) is 0 Å². The minimum absolute atomic E-state index is 0.442. The third kappa shape index (κ3) is 6.00. The number of methoxy groups -OCH3 is 1. The van der Waals surface area contributed by atoms with Gasteiger partial charge in [0.05, 0.1) is 7.11 Å². The molecule has 0 bridgehead atoms. The molecule has 3 aromatic carbocycles. The SMILES string of the molecule is COc1ncc(-c2ccc(Cl)cc2)cc1C(c1ccccc1)C(O)(CCN(C)C)c1cc(C)ccc1Cl. The van der Waals surface area contributed by atoms with Crippen LogP contribution < -0.4 is 4.74 Å². The largest absolute Gasteiger partial charge is 0.481 e. The Morgan fingerprint density at radius 1 is 0.946 bits per heavy atom. The lowest BCUT2D eigenvalue weighted by Gasteiger charge is -2.39. The van der Waals surface area contributed by atoms with Crippen LogP contribution >= 0.6 is 23.2 Å². The molecule has 0 aliphatic carbocycles. The Balaban J connectivity index is 2.01. The number of pyridine rings is 1. The third-order valence-corrected chi connectivity index (χ3v) is 7.28. The van der Waals surface area contributed by atoms with E-state index in [0.717, 1.165) is 27.8 Å². The van der Waals surface area contributed by atoms with Crippen molar-refractivity contribution in [2.45, 2.75) is 24.9 Å². The second kappa shape index (κ2) is 11.7. The molecular weight excluding hydrogens is 503 g/mol. The number of aryl methyl sites for hydroxylation is 1. The van der Waals surface area contributed by atoms with Crippen molar-refractivity contribution in [2.75, 3.05) is 27.7 Å². The van der Waals surface area contributed by atoms with E-state index < -0.39 is 11.5 Å². The summed E-state index contributed by atoms with van der Waals surface area (Å²) < 4.78 is 5.78. The number of nitrogens with zero attached hydrogens (tertiary/aromatic N) is 2. The second-order valence-electron chi connectivity index (χ2n) is 9.63. The predicted molar refractivity (Wildman–Crippen MR) is 153 cm³/mol. The molecule has 37 heavy (non-hydrogen) atoms. The lowest BCUT2D eigenvalue weighted by atomic mass is 9.71. The van der Waals surface area contributed by atoms with Crippen LogP contribution in [0.4, 0.5) is 0 Å². The molecule has 4 rings (SSSR count). The van der Waals surface area contributed by atoms with Gasteiger partial charge in [0, 0.05) is 45.4 Å². The molecule has 0 spiro atoms. The molecule has 4 nitrogen and oxygen atoms in total. The van der Waals surface area contributed by atoms with Gasteiger partial charge in [-0.25, -0.2) is 4.98 Å². The highest BCUT2D eigenvalue weighted by Crippen LogP contribution is 2.49. The lowest BCUT2D eigenvalue weighted by molar-refractivity contribution is 0.00382. The molecular formula is C31H32Cl2N2O2. The monoisotopic (exact) mass is 534 g/mol. The molecule has 2 atom stereocenters. The quantitative estimate of drug-likeness (QED) is 0.244. The maximum absolute atomic E-state index is 12.8. The van der Waals surface area contributed by atoms with E-state index in [1.54, 1.807) is 13.3 Å². The fourth-order valence-corrected chi connectivity index (χ4v) is 5.21. The molecule has 4 aromatic rings. The zero-order valence-corrected chi connectivity index (χ0v) is 23.1. The lowest BCUT2D eigenvalue weighted by Crippen LogP contribution is -2.38. The van der Waals surface area contributed by atoms with Gasteiger partial charge in [0.15, 0.2) is 0 Å². The van der Waals surface area contributed by atoms with Crippen molar-refractivity contribution in [3.8, 4) is 17.0 Å². The minimum atomic E-state index is -1.36. The van der Waals surface area contributed by atoms with E-state index in [9.17, 15) is 5.11 Å². The second-order valence-corrected chi connectivity index (χ2v) is 10.5. The average Bonchev–Trinajstić information content (AvgIpc) is 2.90. The van der Waals surface area contributed by atoms with Crippen LogP contribution in [0.25, 0.3) is 11.1 Å². The van der Waals surface area contributed by atoms with Crippen molar-refractivity contribution in [3.05, 3.63) is 117 Å². The smallest absolute Gasteiger partial charge is 0.217 e. The van der Waals surface area contributed by atoms with E-state index in [-0.39, 0.29) is 0 Å². The summed E-state index contributed by atoms with van der Waals surface area (Å²) in [6.45, 7) is 2.66. The van der Waals surface area contributed by atoms with E-state index in [0.29, 0.717) is 34.5 Å². The summed E-state index contributed by atoms with van der Waals surface area (Å²) in [4.78, 5) is 6.74. The normalized spacial score (nSPS) is 13.8. The number of benzene rings is 3. The van der Waals surface area contributed by atoms with Gasteiger partial charge in [-0.1, -0.05) is 83.4 Å². The van der Waals surface area contributed by atoms with Crippen LogP contribution in [-0.2, 0) is 5.60 Å². The average molecular weight is 536 g/mol. The van der Waals surface area contributed by atoms with Crippen LogP contribution in [0.5, 0.6) is 5.88 Å². The van der Waals surface area contributed by atoms with Gasteiger partial charge in [0.2, 0.25) is 5.88 Å². The first-order chi connectivity index (χ1) is 17.7. The minimum Gasteiger partial charge on any atom is -0.481 e. The molecule has 0 aliphatic heterocycles. The highest BCUT2D eigenvalue weighted by Gasteiger charge is 2.43. The maximum atomic E-state index is 12.8. The van der Waals surface area contributed by atoms with Crippen LogP contribution in [0.15, 0.2) is 85.1 Å². The first kappa shape index (κ1) is 27.2. The van der Waals surface area contributed by atoms with Gasteiger partial charge in [0.25, 0.3) is 0 Å². The van der Waals surface area contributed by atoms with Crippen LogP contribution in [0, 0.1) is 6.92 Å². The summed E-state index contributed by atoms with van der Waals surface area (Å²) in [5.74, 6) is -0.0544. The van der Waals surface area contributed by atoms with Gasteiger partial charge < -0.3 is 14.7 Å². The summed E-state index contributed by atoms with van der Waals surface area (Å²) in [6, 6.07) is 25.5. The predicted octanol–water partition coefficient (Wildman–Crippen LogP) is 7.34. The van der Waals surface area contributed by atoms with Gasteiger partial charge >= 0.3 is 0 Å². The molecule has 1 heterocycles. The van der Waals surface area contributed by atoms with Gasteiger partial charge in [-0.2, -0.15) is 0 Å². The number of hydrogen-bond donors (Lipinski definition) is 1. The molecule has 6 heteroatoms. The van der Waals surface area contributed by atoms with Crippen molar-refractivity contribution < 1.29 is 9.84 Å². The van der Waals surface area contributed by atoms with Crippen molar-refractivity contribution in [1.29, 1.82) is 0 Å². The summed E-state index contributed by atoms with van der Waals surface area (Å²) >= 11 is 12.9. The molecule has 0 fully saturated rings. The Hall–Kier alpha value is -2.89. The highest BCUT2D eigenvalue weighted by molar-refractivity contribution is 6.31. The Morgan fingerprint density at radius 3 is 2.30 bits per heavy atom. The fourth-order valence-electron chi connectivity index (χ4n) is 4.80. The van der Waals surface area contributed by atoms with Gasteiger partial charge in [-0.3, -0.25) is 0 Å². The number of rotatable bonds is 9. The van der Waals surface area contributed by atoms with E-state index >= 15 is 0 Å². The Kier molecular flexibility index (Phi) is 8.56. The number of hydrogen-bond acceptors (Lipinski definition) is 4. The molecule has 0 saturated heterocycles. The fraction of sp³-hybridized carbons (Fsp3) is 0.258. The first-order valence-corrected chi connectivity index (χ1v) is 13.0. The number of ether oxygens (including phenoxy) is 1. The molecule has 0 aliphatic rings. The van der Waals surface area contributed by atoms with Crippen LogP contribution in [-0.4, -0.2) is 42.7 Å². The van der Waals surface area contributed by atoms with Crippen molar-refractivity contribution in [2.24, 2.45) is 0 Å². The maximum Gasteiger partial charge on any atom is 0.217 e. The summed E-state index contributed by atoms with van der Waals surface area (Å²) in [5.41, 5.74) is 3.94. The van der Waals surface area contributed by atoms with Crippen LogP contribution in [0.3, 0.4) is 0 Å². The van der Waals surface area contributed by atoms with Gasteiger partial charge in [-0.05, 0) is 62.8 Å². The van der Waals surface area contributed by atoms with E-state index in [1.807, 2.05) is 93.8 Å². The van der Waals surface area contributed by atoms with Gasteiger partial charge in [0.1, 0.15) is 5.60 Å². The van der Waals surface area contributed by atoms with E-state index in [1.165, 1.54) is 0 Å². The topological polar surface area (TPSA) is 45.6 Å². The number of aromatic nitrogens is 1. The Labute approximate surface area is 229 Å². The zero-order valence-electron chi connectivity index (χ0n) is 21.6. The standard InChI is InChI=1S/C31H32Cl2N2O2/c1-21-10-15-28(33)27(18-21)31(36,16-17-35(2)3)29(23-8-6-5-7-9-23)26-19-24(20-34-30(26)37-4)22-11-13-25(32)14-12-22/h5-15,18-20,29,36H,16-17H2,1-4H3. The zero-order chi connectivity index (χ0) is 26.6. The molecule has 0 amide bonds. The Morgan fingerprint density at radius 2 is 1.65 bits per heavy atom. The molecule has 0 saturated carbocycles. The molecule has 2 unspecified atom stereocenters. The van der Waals surface area contributed by atoms with E-state index in [4.69, 9.17) is 27.9 Å². The summed E-state index contributed by atoms with van der Waals surface area (Å²) in [6.07, 6.45) is 2.23. The van der Waals surface area contributed by atoms with E-state index in [2.05, 4.69) is 16.0 Å². The molecule has 1 N–H and O–H groups in total. The van der Waals surface area contributed by atoms with Crippen molar-refractivity contribution in [3.63, 3.8) is 0 Å². The first-order valence-electron chi connectivity index (χ1n) is 12.2. The summed E-state index contributed by atoms with van der Waals surface area (Å²) in [7, 11) is 5.60. The molecule has 1 aromatic heterocycles. The van der Waals surface area contributed by atoms with Crippen molar-refractivity contribution in [1.82, 2.24) is 9.88 Å². The van der Waals surface area contributed by atoms with Crippen LogP contribution in [0.2, 0.25) is 10.0 Å². The molecule has 192 valence electrons. The summed E-state index contributed by atoms with van der Waals surface area (Å²) in [5, 5.41) is 14.0. The Bertz CT molecular complexity index is 1340. The number of aliphatic hydroxyl groups is 1. The third-order valence-electron chi connectivity index (χ3n) is 6.70.